The molecule has 1 aliphatic heterocycles. The Morgan fingerprint density at radius 1 is 1.17 bits per heavy atom. The second kappa shape index (κ2) is 7.35. The summed E-state index contributed by atoms with van der Waals surface area (Å²) < 4.78 is 6.25. The van der Waals surface area contributed by atoms with Gasteiger partial charge < -0.3 is 15.4 Å². The van der Waals surface area contributed by atoms with Crippen molar-refractivity contribution in [3.63, 3.8) is 0 Å². The van der Waals surface area contributed by atoms with Gasteiger partial charge >= 0.3 is 0 Å². The van der Waals surface area contributed by atoms with Crippen LogP contribution >= 0.6 is 15.9 Å². The Balaban J connectivity index is 1.48. The summed E-state index contributed by atoms with van der Waals surface area (Å²) in [5, 5.41) is 9.18. The van der Waals surface area contributed by atoms with Crippen molar-refractivity contribution in [3.8, 4) is 0 Å². The van der Waals surface area contributed by atoms with E-state index in [1.807, 2.05) is 35.2 Å². The average Bonchev–Trinajstić information content (AvgIpc) is 3.39. The summed E-state index contributed by atoms with van der Waals surface area (Å²) >= 11 is 3.30. The zero-order valence-corrected chi connectivity index (χ0v) is 17.4. The van der Waals surface area contributed by atoms with Crippen molar-refractivity contribution in [3.05, 3.63) is 57.3 Å². The first kappa shape index (κ1) is 18.4. The number of nitrogens with two attached hydrogens (primary N) is 1. The minimum atomic E-state index is -0.00647. The summed E-state index contributed by atoms with van der Waals surface area (Å²) in [4.78, 5) is 19.7. The van der Waals surface area contributed by atoms with E-state index in [4.69, 9.17) is 10.5 Å². The van der Waals surface area contributed by atoms with Gasteiger partial charge in [-0.3, -0.25) is 4.79 Å². The Kier molecular flexibility index (Phi) is 4.67. The van der Waals surface area contributed by atoms with Gasteiger partial charge in [0.05, 0.1) is 31.0 Å². The number of carbonyl (C=O) groups is 1. The van der Waals surface area contributed by atoms with Crippen molar-refractivity contribution in [1.82, 2.24) is 20.1 Å². The molecule has 1 saturated carbocycles. The molecule has 0 atom stereocenters. The molecule has 1 aliphatic carbocycles. The van der Waals surface area contributed by atoms with Crippen LogP contribution in [0.15, 0.2) is 34.9 Å². The molecule has 2 N–H and O–H groups in total. The topological polar surface area (TPSA) is 94.2 Å². The molecule has 3 heterocycles. The summed E-state index contributed by atoms with van der Waals surface area (Å²) in [7, 11) is 0. The van der Waals surface area contributed by atoms with E-state index in [9.17, 15) is 4.79 Å². The molecular weight excluding hydrogens is 434 g/mol. The quantitative estimate of drug-likeness (QED) is 0.635. The molecule has 0 saturated heterocycles. The van der Waals surface area contributed by atoms with Gasteiger partial charge in [-0.2, -0.15) is 5.10 Å². The van der Waals surface area contributed by atoms with Gasteiger partial charge in [0.15, 0.2) is 0 Å². The number of carbonyl (C=O) groups excluding carboxylic acids is 1. The van der Waals surface area contributed by atoms with Crippen LogP contribution in [0.2, 0.25) is 0 Å². The number of halogens is 1. The van der Waals surface area contributed by atoms with Gasteiger partial charge in [0, 0.05) is 23.1 Å². The normalized spacial score (nSPS) is 15.5. The highest BCUT2D eigenvalue weighted by Crippen LogP contribution is 2.33. The minimum Gasteiger partial charge on any atom is -0.383 e. The molecule has 7 nitrogen and oxygen atoms in total. The van der Waals surface area contributed by atoms with Crippen molar-refractivity contribution in [2.75, 3.05) is 12.3 Å². The van der Waals surface area contributed by atoms with Crippen LogP contribution in [0.5, 0.6) is 0 Å². The molecule has 3 aromatic rings. The van der Waals surface area contributed by atoms with Crippen molar-refractivity contribution in [1.29, 1.82) is 0 Å². The van der Waals surface area contributed by atoms with E-state index in [-0.39, 0.29) is 5.91 Å². The molecule has 0 radical (unpaired) electrons. The SMILES string of the molecule is Nc1nc2ccc(C(=O)N(Cc3ccc(Br)nn3)CC3CC3)cc2c2c1COC2. The van der Waals surface area contributed by atoms with Crippen molar-refractivity contribution in [2.45, 2.75) is 32.6 Å². The van der Waals surface area contributed by atoms with Crippen molar-refractivity contribution >= 4 is 38.6 Å². The molecule has 0 bridgehead atoms. The number of aromatic nitrogens is 3. The summed E-state index contributed by atoms with van der Waals surface area (Å²) in [6.07, 6.45) is 2.34. The number of ether oxygens (including phenoxy) is 1. The summed E-state index contributed by atoms with van der Waals surface area (Å²) in [5.41, 5.74) is 10.2. The van der Waals surface area contributed by atoms with Crippen LogP contribution in [0.4, 0.5) is 5.82 Å². The fourth-order valence-electron chi connectivity index (χ4n) is 3.74. The number of nitrogen functional groups attached to an aromatic ring is 1. The lowest BCUT2D eigenvalue weighted by Gasteiger charge is -2.22. The third-order valence-electron chi connectivity index (χ3n) is 5.48. The standard InChI is InChI=1S/C21H20BrN5O2/c22-19-6-4-14(25-26-19)9-27(8-12-1-2-12)21(28)13-3-5-18-15(7-13)16-10-29-11-17(16)20(23)24-18/h3-7,12H,1-2,8-11H2,(H2,23,24). The molecule has 1 fully saturated rings. The van der Waals surface area contributed by atoms with Crippen LogP contribution in [0.3, 0.4) is 0 Å². The van der Waals surface area contributed by atoms with Crippen LogP contribution in [-0.2, 0) is 24.5 Å². The maximum Gasteiger partial charge on any atom is 0.254 e. The first-order valence-electron chi connectivity index (χ1n) is 9.64. The van der Waals surface area contributed by atoms with Crippen LogP contribution < -0.4 is 5.73 Å². The molecule has 0 spiro atoms. The number of rotatable bonds is 5. The van der Waals surface area contributed by atoms with Crippen LogP contribution in [-0.4, -0.2) is 32.5 Å². The van der Waals surface area contributed by atoms with Gasteiger partial charge in [0.25, 0.3) is 5.91 Å². The average molecular weight is 454 g/mol. The van der Waals surface area contributed by atoms with Gasteiger partial charge in [-0.05, 0) is 70.6 Å². The lowest BCUT2D eigenvalue weighted by Crippen LogP contribution is -2.33. The summed E-state index contributed by atoms with van der Waals surface area (Å²) in [6, 6.07) is 9.35. The van der Waals surface area contributed by atoms with Crippen molar-refractivity contribution in [2.24, 2.45) is 5.92 Å². The number of anilines is 1. The second-order valence-electron chi connectivity index (χ2n) is 7.66. The lowest BCUT2D eigenvalue weighted by atomic mass is 10.0. The molecular formula is C21H20BrN5O2. The zero-order valence-electron chi connectivity index (χ0n) is 15.8. The third kappa shape index (κ3) is 3.70. The maximum atomic E-state index is 13.4. The van der Waals surface area contributed by atoms with Gasteiger partial charge in [0.1, 0.15) is 10.4 Å². The van der Waals surface area contributed by atoms with Gasteiger partial charge in [0.2, 0.25) is 0 Å². The van der Waals surface area contributed by atoms with E-state index in [1.165, 1.54) is 12.8 Å². The largest absolute Gasteiger partial charge is 0.383 e. The number of amides is 1. The first-order chi connectivity index (χ1) is 14.1. The Morgan fingerprint density at radius 3 is 2.76 bits per heavy atom. The highest BCUT2D eigenvalue weighted by Gasteiger charge is 2.28. The summed E-state index contributed by atoms with van der Waals surface area (Å²) in [6.45, 7) is 2.14. The fraction of sp³-hybridized carbons (Fsp3) is 0.333. The molecule has 2 aliphatic rings. The number of benzene rings is 1. The maximum absolute atomic E-state index is 13.4. The predicted octanol–water partition coefficient (Wildman–Crippen LogP) is 3.45. The molecule has 0 unspecified atom stereocenters. The molecule has 5 rings (SSSR count). The first-order valence-corrected chi connectivity index (χ1v) is 10.4. The second-order valence-corrected chi connectivity index (χ2v) is 8.47. The van der Waals surface area contributed by atoms with Crippen LogP contribution in [0, 0.1) is 5.92 Å². The Bertz CT molecular complexity index is 1100. The van der Waals surface area contributed by atoms with Crippen LogP contribution in [0.1, 0.15) is 40.0 Å². The number of hydrogen-bond donors (Lipinski definition) is 1. The van der Waals surface area contributed by atoms with Gasteiger partial charge in [-0.1, -0.05) is 0 Å². The van der Waals surface area contributed by atoms with E-state index in [0.29, 0.717) is 41.7 Å². The Morgan fingerprint density at radius 2 is 2.00 bits per heavy atom. The Hall–Kier alpha value is -2.58. The fourth-order valence-corrected chi connectivity index (χ4v) is 3.95. The lowest BCUT2D eigenvalue weighted by molar-refractivity contribution is 0.0732. The number of nitrogens with zero attached hydrogens (tertiary/aromatic N) is 4. The smallest absolute Gasteiger partial charge is 0.254 e. The molecule has 148 valence electrons. The van der Waals surface area contributed by atoms with E-state index >= 15 is 0 Å². The molecule has 8 heteroatoms. The highest BCUT2D eigenvalue weighted by atomic mass is 79.9. The molecule has 29 heavy (non-hydrogen) atoms. The van der Waals surface area contributed by atoms with E-state index in [1.54, 1.807) is 0 Å². The molecule has 1 amide bonds. The number of fused-ring (bicyclic) bond motifs is 3. The van der Waals surface area contributed by atoms with Crippen molar-refractivity contribution < 1.29 is 9.53 Å². The summed E-state index contributed by atoms with van der Waals surface area (Å²) in [5.74, 6) is 1.07. The molecule has 1 aromatic carbocycles. The highest BCUT2D eigenvalue weighted by molar-refractivity contribution is 9.10. The van der Waals surface area contributed by atoms with E-state index < -0.39 is 0 Å². The third-order valence-corrected chi connectivity index (χ3v) is 5.90. The minimum absolute atomic E-state index is 0.00647. The van der Waals surface area contributed by atoms with Crippen LogP contribution in [0.25, 0.3) is 10.9 Å². The monoisotopic (exact) mass is 453 g/mol. The molecule has 2 aromatic heterocycles. The Labute approximate surface area is 176 Å². The number of pyridine rings is 1. The predicted molar refractivity (Wildman–Crippen MR) is 112 cm³/mol. The van der Waals surface area contributed by atoms with E-state index in [0.717, 1.165) is 34.3 Å². The number of hydrogen-bond acceptors (Lipinski definition) is 6. The zero-order chi connectivity index (χ0) is 20.0. The van der Waals surface area contributed by atoms with Gasteiger partial charge in [-0.15, -0.1) is 5.10 Å². The van der Waals surface area contributed by atoms with Gasteiger partial charge in [-0.25, -0.2) is 4.98 Å². The van der Waals surface area contributed by atoms with E-state index in [2.05, 4.69) is 31.1 Å².